The Bertz CT molecular complexity index is 461. The molecule has 1 saturated heterocycles. The molecule has 1 aromatic rings. The van der Waals surface area contributed by atoms with Crippen molar-refractivity contribution in [2.75, 3.05) is 31.5 Å². The van der Waals surface area contributed by atoms with Gasteiger partial charge in [-0.2, -0.15) is 0 Å². The molecule has 1 heterocycles. The van der Waals surface area contributed by atoms with Crippen LogP contribution in [0.2, 0.25) is 5.02 Å². The first-order valence-electron chi connectivity index (χ1n) is 7.69. The van der Waals surface area contributed by atoms with E-state index < -0.39 is 0 Å². The Kier molecular flexibility index (Phi) is 6.49. The minimum Gasteiger partial charge on any atom is -0.326 e. The summed E-state index contributed by atoms with van der Waals surface area (Å²) in [5.74, 6) is 0.0457. The molecule has 4 nitrogen and oxygen atoms in total. The molecule has 1 aliphatic heterocycles. The minimum atomic E-state index is 0.0457. The number of carbonyl (C=O) groups is 1. The van der Waals surface area contributed by atoms with E-state index in [1.807, 2.05) is 12.1 Å². The van der Waals surface area contributed by atoms with Crippen LogP contribution < -0.4 is 10.6 Å². The molecule has 21 heavy (non-hydrogen) atoms. The molecular weight excluding hydrogens is 286 g/mol. The zero-order valence-corrected chi connectivity index (χ0v) is 13.3. The Labute approximate surface area is 131 Å². The van der Waals surface area contributed by atoms with E-state index in [9.17, 15) is 4.79 Å². The average Bonchev–Trinajstić information content (AvgIpc) is 2.97. The van der Waals surface area contributed by atoms with Crippen LogP contribution in [0.25, 0.3) is 0 Å². The van der Waals surface area contributed by atoms with E-state index in [4.69, 9.17) is 11.6 Å². The summed E-state index contributed by atoms with van der Waals surface area (Å²) in [6.45, 7) is 6.17. The highest BCUT2D eigenvalue weighted by atomic mass is 35.5. The molecule has 2 rings (SSSR count). The fourth-order valence-electron chi connectivity index (χ4n) is 2.75. The molecule has 0 aliphatic carbocycles. The van der Waals surface area contributed by atoms with Crippen molar-refractivity contribution < 1.29 is 4.79 Å². The van der Waals surface area contributed by atoms with Gasteiger partial charge >= 0.3 is 0 Å². The van der Waals surface area contributed by atoms with Crippen molar-refractivity contribution in [2.45, 2.75) is 32.2 Å². The Balaban J connectivity index is 1.81. The third-order valence-corrected chi connectivity index (χ3v) is 4.03. The number of halogens is 1. The average molecular weight is 310 g/mol. The van der Waals surface area contributed by atoms with Gasteiger partial charge in [-0.1, -0.05) is 24.6 Å². The lowest BCUT2D eigenvalue weighted by molar-refractivity contribution is -0.116. The summed E-state index contributed by atoms with van der Waals surface area (Å²) >= 11 is 5.92. The van der Waals surface area contributed by atoms with E-state index in [2.05, 4.69) is 22.5 Å². The Morgan fingerprint density at radius 2 is 2.33 bits per heavy atom. The quantitative estimate of drug-likeness (QED) is 0.814. The summed E-state index contributed by atoms with van der Waals surface area (Å²) in [4.78, 5) is 14.5. The molecule has 0 aromatic heterocycles. The summed E-state index contributed by atoms with van der Waals surface area (Å²) < 4.78 is 0. The van der Waals surface area contributed by atoms with Gasteiger partial charge in [-0.25, -0.2) is 0 Å². The van der Waals surface area contributed by atoms with Crippen molar-refractivity contribution in [3.05, 3.63) is 29.3 Å². The molecule has 1 unspecified atom stereocenters. The number of benzene rings is 1. The molecule has 0 spiro atoms. The van der Waals surface area contributed by atoms with Crippen LogP contribution in [0, 0.1) is 0 Å². The van der Waals surface area contributed by atoms with Crippen LogP contribution in [0.15, 0.2) is 24.3 Å². The predicted octanol–water partition coefficient (Wildman–Crippen LogP) is 2.74. The molecule has 0 bridgehead atoms. The standard InChI is InChI=1S/C16H24ClN3O/c1-2-9-20(15-6-8-18-12-15)10-7-16(21)19-14-5-3-4-13(17)11-14/h3-5,11,15,18H,2,6-10,12H2,1H3,(H,19,21). The van der Waals surface area contributed by atoms with Crippen molar-refractivity contribution in [3.63, 3.8) is 0 Å². The molecule has 1 aromatic carbocycles. The van der Waals surface area contributed by atoms with Gasteiger partial charge in [0.15, 0.2) is 0 Å². The van der Waals surface area contributed by atoms with Gasteiger partial charge in [0.25, 0.3) is 0 Å². The van der Waals surface area contributed by atoms with E-state index in [0.717, 1.165) is 38.3 Å². The monoisotopic (exact) mass is 309 g/mol. The smallest absolute Gasteiger partial charge is 0.225 e. The third kappa shape index (κ3) is 5.30. The molecule has 0 radical (unpaired) electrons. The molecule has 2 N–H and O–H groups in total. The molecule has 1 aliphatic rings. The summed E-state index contributed by atoms with van der Waals surface area (Å²) in [6, 6.07) is 7.83. The Morgan fingerprint density at radius 3 is 3.00 bits per heavy atom. The maximum atomic E-state index is 12.1. The molecule has 0 saturated carbocycles. The van der Waals surface area contributed by atoms with Crippen LogP contribution in [0.5, 0.6) is 0 Å². The fourth-order valence-corrected chi connectivity index (χ4v) is 2.94. The lowest BCUT2D eigenvalue weighted by atomic mass is 10.2. The number of anilines is 1. The zero-order chi connectivity index (χ0) is 15.1. The van der Waals surface area contributed by atoms with Crippen molar-refractivity contribution in [3.8, 4) is 0 Å². The highest BCUT2D eigenvalue weighted by Crippen LogP contribution is 2.15. The number of nitrogens with one attached hydrogen (secondary N) is 2. The van der Waals surface area contributed by atoms with Crippen LogP contribution in [-0.4, -0.2) is 43.0 Å². The number of rotatable bonds is 7. The highest BCUT2D eigenvalue weighted by molar-refractivity contribution is 6.30. The number of hydrogen-bond acceptors (Lipinski definition) is 3. The highest BCUT2D eigenvalue weighted by Gasteiger charge is 2.21. The summed E-state index contributed by atoms with van der Waals surface area (Å²) in [5, 5.41) is 6.93. The van der Waals surface area contributed by atoms with Gasteiger partial charge in [0.1, 0.15) is 0 Å². The zero-order valence-electron chi connectivity index (χ0n) is 12.6. The lowest BCUT2D eigenvalue weighted by Gasteiger charge is -2.27. The van der Waals surface area contributed by atoms with Gasteiger partial charge in [0.05, 0.1) is 0 Å². The van der Waals surface area contributed by atoms with E-state index in [-0.39, 0.29) is 5.91 Å². The Morgan fingerprint density at radius 1 is 1.48 bits per heavy atom. The maximum Gasteiger partial charge on any atom is 0.225 e. The second-order valence-electron chi connectivity index (χ2n) is 5.49. The number of amides is 1. The first-order valence-corrected chi connectivity index (χ1v) is 8.07. The van der Waals surface area contributed by atoms with E-state index >= 15 is 0 Å². The summed E-state index contributed by atoms with van der Waals surface area (Å²) in [6.07, 6.45) is 2.81. The molecule has 5 heteroatoms. The SMILES string of the molecule is CCCN(CCC(=O)Nc1cccc(Cl)c1)C1CCNC1. The van der Waals surface area contributed by atoms with Crippen molar-refractivity contribution in [2.24, 2.45) is 0 Å². The number of nitrogens with zero attached hydrogens (tertiary/aromatic N) is 1. The largest absolute Gasteiger partial charge is 0.326 e. The minimum absolute atomic E-state index is 0.0457. The molecule has 1 amide bonds. The maximum absolute atomic E-state index is 12.1. The van der Waals surface area contributed by atoms with Crippen LogP contribution in [0.4, 0.5) is 5.69 Å². The van der Waals surface area contributed by atoms with Crippen LogP contribution in [0.3, 0.4) is 0 Å². The van der Waals surface area contributed by atoms with Crippen molar-refractivity contribution >= 4 is 23.2 Å². The second-order valence-corrected chi connectivity index (χ2v) is 5.93. The fraction of sp³-hybridized carbons (Fsp3) is 0.562. The molecule has 1 fully saturated rings. The Hall–Kier alpha value is -1.10. The summed E-state index contributed by atoms with van der Waals surface area (Å²) in [5.41, 5.74) is 0.761. The van der Waals surface area contributed by atoms with Gasteiger partial charge in [0.2, 0.25) is 5.91 Å². The lowest BCUT2D eigenvalue weighted by Crippen LogP contribution is -2.39. The van der Waals surface area contributed by atoms with Crippen LogP contribution in [-0.2, 0) is 4.79 Å². The molecule has 116 valence electrons. The van der Waals surface area contributed by atoms with Gasteiger partial charge in [0, 0.05) is 36.3 Å². The van der Waals surface area contributed by atoms with Gasteiger partial charge in [-0.15, -0.1) is 0 Å². The molecular formula is C16H24ClN3O. The molecule has 1 atom stereocenters. The van der Waals surface area contributed by atoms with E-state index in [1.54, 1.807) is 12.1 Å². The number of carbonyl (C=O) groups excluding carboxylic acids is 1. The van der Waals surface area contributed by atoms with E-state index in [1.165, 1.54) is 6.42 Å². The second kappa shape index (κ2) is 8.37. The third-order valence-electron chi connectivity index (χ3n) is 3.80. The first-order chi connectivity index (χ1) is 10.2. The topological polar surface area (TPSA) is 44.4 Å². The predicted molar refractivity (Wildman–Crippen MR) is 87.8 cm³/mol. The van der Waals surface area contributed by atoms with Crippen LogP contribution in [0.1, 0.15) is 26.2 Å². The van der Waals surface area contributed by atoms with Crippen molar-refractivity contribution in [1.29, 1.82) is 0 Å². The number of hydrogen-bond donors (Lipinski definition) is 2. The van der Waals surface area contributed by atoms with Crippen molar-refractivity contribution in [1.82, 2.24) is 10.2 Å². The van der Waals surface area contributed by atoms with E-state index in [0.29, 0.717) is 17.5 Å². The van der Waals surface area contributed by atoms with Crippen LogP contribution >= 0.6 is 11.6 Å². The van der Waals surface area contributed by atoms with Gasteiger partial charge in [-0.05, 0) is 44.1 Å². The first kappa shape index (κ1) is 16.3. The van der Waals surface area contributed by atoms with Gasteiger partial charge in [-0.3, -0.25) is 9.69 Å². The normalized spacial score (nSPS) is 18.1. The van der Waals surface area contributed by atoms with Gasteiger partial charge < -0.3 is 10.6 Å². The summed E-state index contributed by atoms with van der Waals surface area (Å²) in [7, 11) is 0.